The summed E-state index contributed by atoms with van der Waals surface area (Å²) in [4.78, 5) is 18.8. The van der Waals surface area contributed by atoms with Crippen molar-refractivity contribution in [2.75, 3.05) is 46.5 Å². The van der Waals surface area contributed by atoms with E-state index >= 15 is 0 Å². The van der Waals surface area contributed by atoms with E-state index in [0.717, 1.165) is 48.6 Å². The second-order valence-corrected chi connectivity index (χ2v) is 13.7. The molecule has 0 radical (unpaired) electrons. The summed E-state index contributed by atoms with van der Waals surface area (Å²) in [7, 11) is 1.61. The van der Waals surface area contributed by atoms with Gasteiger partial charge >= 0.3 is 0 Å². The summed E-state index contributed by atoms with van der Waals surface area (Å²) in [5.74, 6) is 2.71. The van der Waals surface area contributed by atoms with Crippen LogP contribution in [-0.2, 0) is 6.42 Å². The largest absolute Gasteiger partial charge is 0.496 e. The van der Waals surface area contributed by atoms with Crippen molar-refractivity contribution in [3.8, 4) is 23.0 Å². The van der Waals surface area contributed by atoms with Crippen LogP contribution in [0.1, 0.15) is 113 Å². The Kier molecular flexibility index (Phi) is 12.4. The molecule has 2 saturated heterocycles. The standard InChI is InChI=1S/C39H56N2O5/c1-28(2)14-19-33-36(45-25-11-23-41-21-9-7-13-30(41)4)27-37(43-5)38-34(42)26-35(46-39(33)38)31-15-17-32(18-16-31)44-24-10-22-40-20-8-6-12-29(40)3/h14-18,27,29-30,35H,6-13,19-26H2,1-5H3. The van der Waals surface area contributed by atoms with E-state index in [4.69, 9.17) is 18.9 Å². The van der Waals surface area contributed by atoms with Crippen molar-refractivity contribution in [3.63, 3.8) is 0 Å². The highest BCUT2D eigenvalue weighted by Crippen LogP contribution is 2.46. The second-order valence-electron chi connectivity index (χ2n) is 13.7. The molecule has 0 aromatic heterocycles. The number of nitrogens with zero attached hydrogens (tertiary/aromatic N) is 2. The van der Waals surface area contributed by atoms with Crippen molar-refractivity contribution < 1.29 is 23.7 Å². The molecule has 2 fully saturated rings. The fourth-order valence-corrected chi connectivity index (χ4v) is 7.14. The van der Waals surface area contributed by atoms with Crippen LogP contribution in [0.2, 0.25) is 0 Å². The number of rotatable bonds is 14. The Morgan fingerprint density at radius 2 is 1.52 bits per heavy atom. The van der Waals surface area contributed by atoms with Crippen molar-refractivity contribution >= 4 is 5.78 Å². The fraction of sp³-hybridized carbons (Fsp3) is 0.615. The van der Waals surface area contributed by atoms with Gasteiger partial charge in [-0.15, -0.1) is 0 Å². The van der Waals surface area contributed by atoms with Gasteiger partial charge in [0.1, 0.15) is 34.7 Å². The van der Waals surface area contributed by atoms with Gasteiger partial charge in [0.25, 0.3) is 0 Å². The number of piperidine rings is 2. The predicted octanol–water partition coefficient (Wildman–Crippen LogP) is 8.20. The first-order valence-electron chi connectivity index (χ1n) is 17.7. The number of hydrogen-bond acceptors (Lipinski definition) is 7. The number of ketones is 1. The van der Waals surface area contributed by atoms with Crippen molar-refractivity contribution in [2.45, 2.75) is 110 Å². The summed E-state index contributed by atoms with van der Waals surface area (Å²) in [6.07, 6.45) is 12.4. The van der Waals surface area contributed by atoms with E-state index < -0.39 is 0 Å². The summed E-state index contributed by atoms with van der Waals surface area (Å²) in [6, 6.07) is 11.2. The van der Waals surface area contributed by atoms with Crippen LogP contribution in [0.3, 0.4) is 0 Å². The Balaban J connectivity index is 1.26. The molecule has 3 heterocycles. The maximum absolute atomic E-state index is 13.7. The Labute approximate surface area is 277 Å². The van der Waals surface area contributed by atoms with Crippen LogP contribution in [0.4, 0.5) is 0 Å². The van der Waals surface area contributed by atoms with Crippen LogP contribution < -0.4 is 18.9 Å². The quantitative estimate of drug-likeness (QED) is 0.154. The van der Waals surface area contributed by atoms with Gasteiger partial charge < -0.3 is 28.7 Å². The molecule has 0 bridgehead atoms. The number of carbonyl (C=O) groups is 1. The zero-order chi connectivity index (χ0) is 32.5. The van der Waals surface area contributed by atoms with E-state index in [1.807, 2.05) is 30.3 Å². The average Bonchev–Trinajstić information content (AvgIpc) is 3.05. The van der Waals surface area contributed by atoms with E-state index in [9.17, 15) is 4.79 Å². The fourth-order valence-electron chi connectivity index (χ4n) is 7.14. The Hall–Kier alpha value is -3.03. The van der Waals surface area contributed by atoms with Crippen molar-refractivity contribution in [3.05, 3.63) is 58.7 Å². The van der Waals surface area contributed by atoms with Crippen LogP contribution in [0.25, 0.3) is 0 Å². The zero-order valence-electron chi connectivity index (χ0n) is 28.9. The van der Waals surface area contributed by atoms with Gasteiger partial charge in [0.05, 0.1) is 26.7 Å². The number of likely N-dealkylation sites (tertiary alicyclic amines) is 2. The lowest BCUT2D eigenvalue weighted by Gasteiger charge is -2.33. The zero-order valence-corrected chi connectivity index (χ0v) is 28.9. The Bertz CT molecular complexity index is 1320. The van der Waals surface area contributed by atoms with E-state index in [-0.39, 0.29) is 18.3 Å². The van der Waals surface area contributed by atoms with Crippen molar-refractivity contribution in [2.24, 2.45) is 0 Å². The lowest BCUT2D eigenvalue weighted by molar-refractivity contribution is 0.0841. The number of ether oxygens (including phenoxy) is 4. The normalized spacial score (nSPS) is 22.1. The summed E-state index contributed by atoms with van der Waals surface area (Å²) in [5, 5.41) is 0. The highest BCUT2D eigenvalue weighted by molar-refractivity contribution is 6.03. The highest BCUT2D eigenvalue weighted by atomic mass is 16.5. The molecule has 0 amide bonds. The summed E-state index contributed by atoms with van der Waals surface area (Å²) < 4.78 is 25.0. The molecule has 0 aliphatic carbocycles. The molecule has 2 aromatic rings. The topological polar surface area (TPSA) is 60.5 Å². The third kappa shape index (κ3) is 8.86. The van der Waals surface area contributed by atoms with Gasteiger partial charge in [0, 0.05) is 36.8 Å². The van der Waals surface area contributed by atoms with E-state index in [0.29, 0.717) is 48.8 Å². The third-order valence-electron chi connectivity index (χ3n) is 9.99. The molecule has 7 nitrogen and oxygen atoms in total. The van der Waals surface area contributed by atoms with Gasteiger partial charge in [0.15, 0.2) is 5.78 Å². The van der Waals surface area contributed by atoms with Crippen LogP contribution in [-0.4, -0.2) is 74.2 Å². The van der Waals surface area contributed by atoms with Gasteiger partial charge in [-0.3, -0.25) is 4.79 Å². The molecule has 0 N–H and O–H groups in total. The number of fused-ring (bicyclic) bond motifs is 1. The summed E-state index contributed by atoms with van der Waals surface area (Å²) in [5.41, 5.74) is 3.59. The molecule has 46 heavy (non-hydrogen) atoms. The minimum absolute atomic E-state index is 0.0273. The number of benzene rings is 2. The minimum Gasteiger partial charge on any atom is -0.496 e. The molecule has 252 valence electrons. The van der Waals surface area contributed by atoms with Crippen LogP contribution >= 0.6 is 0 Å². The van der Waals surface area contributed by atoms with Gasteiger partial charge in [-0.05, 0) is 103 Å². The number of allylic oxidation sites excluding steroid dienone is 2. The van der Waals surface area contributed by atoms with Gasteiger partial charge in [-0.1, -0.05) is 36.6 Å². The SMILES string of the molecule is COc1cc(OCCCN2CCCCC2C)c(CC=C(C)C)c2c1C(=O)CC(c1ccc(OCCCN3CCCCC3C)cc1)O2. The van der Waals surface area contributed by atoms with Crippen LogP contribution in [0.5, 0.6) is 23.0 Å². The molecule has 5 rings (SSSR count). The first kappa shape index (κ1) is 34.3. The molecular weight excluding hydrogens is 576 g/mol. The van der Waals surface area contributed by atoms with Crippen LogP contribution in [0.15, 0.2) is 42.0 Å². The Morgan fingerprint density at radius 3 is 2.11 bits per heavy atom. The van der Waals surface area contributed by atoms with Crippen LogP contribution in [0, 0.1) is 0 Å². The number of carbonyl (C=O) groups excluding carboxylic acids is 1. The smallest absolute Gasteiger partial charge is 0.174 e. The van der Waals surface area contributed by atoms with Gasteiger partial charge in [-0.25, -0.2) is 0 Å². The van der Waals surface area contributed by atoms with Gasteiger partial charge in [-0.2, -0.15) is 0 Å². The maximum atomic E-state index is 13.7. The number of Topliss-reactive ketones (excluding diaryl/α,β-unsaturated/α-hetero) is 1. The van der Waals surface area contributed by atoms with Gasteiger partial charge in [0.2, 0.25) is 0 Å². The lowest BCUT2D eigenvalue weighted by atomic mass is 9.92. The third-order valence-corrected chi connectivity index (χ3v) is 9.99. The second kappa shape index (κ2) is 16.7. The van der Waals surface area contributed by atoms with Crippen molar-refractivity contribution in [1.82, 2.24) is 9.80 Å². The molecule has 3 aliphatic rings. The molecular formula is C39H56N2O5. The van der Waals surface area contributed by atoms with E-state index in [2.05, 4.69) is 43.6 Å². The monoisotopic (exact) mass is 632 g/mol. The molecule has 0 spiro atoms. The van der Waals surface area contributed by atoms with E-state index in [1.165, 1.54) is 57.2 Å². The first-order valence-corrected chi connectivity index (χ1v) is 17.7. The summed E-state index contributed by atoms with van der Waals surface area (Å²) >= 11 is 0. The van der Waals surface area contributed by atoms with E-state index in [1.54, 1.807) is 7.11 Å². The average molecular weight is 633 g/mol. The predicted molar refractivity (Wildman–Crippen MR) is 185 cm³/mol. The molecule has 3 aliphatic heterocycles. The molecule has 2 aromatic carbocycles. The maximum Gasteiger partial charge on any atom is 0.174 e. The highest BCUT2D eigenvalue weighted by Gasteiger charge is 2.34. The molecule has 7 heteroatoms. The van der Waals surface area contributed by atoms with Crippen molar-refractivity contribution in [1.29, 1.82) is 0 Å². The first-order chi connectivity index (χ1) is 22.3. The molecule has 0 saturated carbocycles. The lowest BCUT2D eigenvalue weighted by Crippen LogP contribution is -2.38. The number of methoxy groups -OCH3 is 1. The Morgan fingerprint density at radius 1 is 0.891 bits per heavy atom. The summed E-state index contributed by atoms with van der Waals surface area (Å²) in [6.45, 7) is 14.6. The molecule has 3 unspecified atom stereocenters. The minimum atomic E-state index is -0.388. The molecule has 3 atom stereocenters. The number of hydrogen-bond donors (Lipinski definition) is 0.